The second-order valence-electron chi connectivity index (χ2n) is 5.42. The van der Waals surface area contributed by atoms with E-state index in [1.807, 2.05) is 28.8 Å². The van der Waals surface area contributed by atoms with Crippen molar-refractivity contribution in [2.24, 2.45) is 5.73 Å². The molecule has 0 bridgehead atoms. The van der Waals surface area contributed by atoms with Gasteiger partial charge in [-0.1, -0.05) is 11.6 Å². The highest BCUT2D eigenvalue weighted by Gasteiger charge is 2.27. The minimum absolute atomic E-state index is 0.308. The second-order valence-corrected chi connectivity index (χ2v) is 5.85. The first kappa shape index (κ1) is 14.1. The number of fused-ring (bicyclic) bond motifs is 3. The zero-order chi connectivity index (χ0) is 16.1. The zero-order valence-electron chi connectivity index (χ0n) is 12.5. The Morgan fingerprint density at radius 2 is 2.22 bits per heavy atom. The zero-order valence-corrected chi connectivity index (χ0v) is 13.2. The molecule has 0 atom stereocenters. The summed E-state index contributed by atoms with van der Waals surface area (Å²) in [5.74, 6) is -0.398. The third kappa shape index (κ3) is 1.93. The summed E-state index contributed by atoms with van der Waals surface area (Å²) in [6.07, 6.45) is 1.70. The number of rotatable bonds is 2. The first-order chi connectivity index (χ1) is 11.1. The van der Waals surface area contributed by atoms with E-state index in [1.165, 1.54) is 0 Å². The van der Waals surface area contributed by atoms with Crippen molar-refractivity contribution in [3.63, 3.8) is 0 Å². The van der Waals surface area contributed by atoms with Crippen LogP contribution in [0, 0.1) is 0 Å². The van der Waals surface area contributed by atoms with E-state index in [9.17, 15) is 4.79 Å². The predicted molar refractivity (Wildman–Crippen MR) is 90.0 cm³/mol. The minimum atomic E-state index is -0.398. The molecule has 2 aromatic heterocycles. The van der Waals surface area contributed by atoms with Gasteiger partial charge >= 0.3 is 5.97 Å². The monoisotopic (exact) mass is 327 g/mol. The van der Waals surface area contributed by atoms with Crippen molar-refractivity contribution in [1.29, 1.82) is 0 Å². The first-order valence-electron chi connectivity index (χ1n) is 7.34. The Kier molecular flexibility index (Phi) is 3.06. The van der Waals surface area contributed by atoms with Crippen LogP contribution in [0.2, 0.25) is 5.02 Å². The van der Waals surface area contributed by atoms with Gasteiger partial charge in [-0.15, -0.1) is 0 Å². The van der Waals surface area contributed by atoms with Crippen molar-refractivity contribution in [2.75, 3.05) is 6.61 Å². The van der Waals surface area contributed by atoms with Crippen LogP contribution in [-0.2, 0) is 16.1 Å². The third-order valence-corrected chi connectivity index (χ3v) is 4.39. The van der Waals surface area contributed by atoms with Gasteiger partial charge in [-0.2, -0.15) is 0 Å². The Morgan fingerprint density at radius 1 is 1.39 bits per heavy atom. The van der Waals surface area contributed by atoms with Gasteiger partial charge in [-0.05, 0) is 31.2 Å². The van der Waals surface area contributed by atoms with Crippen LogP contribution < -0.4 is 5.73 Å². The van der Waals surface area contributed by atoms with E-state index in [2.05, 4.69) is 4.98 Å². The number of halogens is 1. The molecule has 1 aromatic carbocycles. The van der Waals surface area contributed by atoms with E-state index >= 15 is 0 Å². The highest BCUT2D eigenvalue weighted by molar-refractivity contribution is 6.32. The Labute approximate surface area is 137 Å². The fourth-order valence-electron chi connectivity index (χ4n) is 3.16. The molecule has 0 spiro atoms. The third-order valence-electron chi connectivity index (χ3n) is 4.15. The molecule has 5 nitrogen and oxygen atoms in total. The molecular formula is C17H14ClN3O2. The number of carbonyl (C=O) groups excluding carboxylic acids is 1. The molecule has 3 heterocycles. The molecule has 2 N–H and O–H groups in total. The van der Waals surface area contributed by atoms with Crippen molar-refractivity contribution in [3.8, 4) is 0 Å². The van der Waals surface area contributed by atoms with Gasteiger partial charge in [0.25, 0.3) is 0 Å². The molecule has 23 heavy (non-hydrogen) atoms. The lowest BCUT2D eigenvalue weighted by atomic mass is 10.1. The number of ether oxygens (including phenoxy) is 1. The van der Waals surface area contributed by atoms with Crippen LogP contribution in [0.3, 0.4) is 0 Å². The number of esters is 1. The van der Waals surface area contributed by atoms with Crippen LogP contribution in [0.15, 0.2) is 36.0 Å². The quantitative estimate of drug-likeness (QED) is 0.734. The summed E-state index contributed by atoms with van der Waals surface area (Å²) < 4.78 is 7.18. The highest BCUT2D eigenvalue weighted by Crippen LogP contribution is 2.37. The number of hydrogen-bond acceptors (Lipinski definition) is 4. The summed E-state index contributed by atoms with van der Waals surface area (Å²) >= 11 is 6.14. The van der Waals surface area contributed by atoms with Gasteiger partial charge in [0, 0.05) is 27.5 Å². The van der Waals surface area contributed by atoms with Crippen LogP contribution in [0.4, 0.5) is 0 Å². The van der Waals surface area contributed by atoms with Crippen molar-refractivity contribution >= 4 is 45.1 Å². The normalized spacial score (nSPS) is 13.8. The number of hydrogen-bond donors (Lipinski definition) is 1. The number of nitrogens with two attached hydrogens (primary N) is 1. The smallest absolute Gasteiger partial charge is 0.338 e. The van der Waals surface area contributed by atoms with Crippen molar-refractivity contribution in [3.05, 3.63) is 46.8 Å². The number of carbonyl (C=O) groups is 1. The molecule has 6 heteroatoms. The number of pyridine rings is 1. The minimum Gasteiger partial charge on any atom is -0.463 e. The van der Waals surface area contributed by atoms with E-state index < -0.39 is 5.97 Å². The van der Waals surface area contributed by atoms with Crippen LogP contribution >= 0.6 is 11.6 Å². The van der Waals surface area contributed by atoms with Crippen molar-refractivity contribution in [2.45, 2.75) is 13.5 Å². The lowest BCUT2D eigenvalue weighted by Gasteiger charge is -2.19. The maximum absolute atomic E-state index is 12.2. The molecule has 1 aliphatic rings. The summed E-state index contributed by atoms with van der Waals surface area (Å²) in [6, 6.07) is 7.65. The molecule has 4 rings (SSSR count). The fourth-order valence-corrected chi connectivity index (χ4v) is 3.34. The lowest BCUT2D eigenvalue weighted by Crippen LogP contribution is -2.22. The molecule has 0 fully saturated rings. The van der Waals surface area contributed by atoms with Gasteiger partial charge in [-0.3, -0.25) is 4.98 Å². The maximum atomic E-state index is 12.2. The average Bonchev–Trinajstić information content (AvgIpc) is 2.85. The molecule has 116 valence electrons. The second kappa shape index (κ2) is 4.99. The van der Waals surface area contributed by atoms with Gasteiger partial charge in [0.15, 0.2) is 0 Å². The predicted octanol–water partition coefficient (Wildman–Crippen LogP) is 3.09. The molecule has 1 aliphatic heterocycles. The lowest BCUT2D eigenvalue weighted by molar-refractivity contribution is -0.138. The summed E-state index contributed by atoms with van der Waals surface area (Å²) in [4.78, 5) is 16.6. The van der Waals surface area contributed by atoms with Gasteiger partial charge in [-0.25, -0.2) is 4.79 Å². The van der Waals surface area contributed by atoms with Crippen LogP contribution in [-0.4, -0.2) is 22.1 Å². The van der Waals surface area contributed by atoms with E-state index in [4.69, 9.17) is 22.1 Å². The van der Waals surface area contributed by atoms with Gasteiger partial charge in [0.1, 0.15) is 5.69 Å². The van der Waals surface area contributed by atoms with E-state index in [1.54, 1.807) is 13.1 Å². The largest absolute Gasteiger partial charge is 0.463 e. The number of aromatic nitrogens is 2. The molecule has 0 aliphatic carbocycles. The van der Waals surface area contributed by atoms with Gasteiger partial charge < -0.3 is 15.0 Å². The van der Waals surface area contributed by atoms with Gasteiger partial charge in [0.2, 0.25) is 0 Å². The molecule has 0 saturated heterocycles. The molecule has 0 amide bonds. The Bertz CT molecular complexity index is 1000. The molecule has 0 unspecified atom stereocenters. The Morgan fingerprint density at radius 3 is 3.00 bits per heavy atom. The SMILES string of the molecule is CCOC(=O)C1=C(N)c2nccc3c4cc(Cl)ccc4n(c23)C1. The molecular weight excluding hydrogens is 314 g/mol. The molecule has 0 radical (unpaired) electrons. The van der Waals surface area contributed by atoms with Crippen LogP contribution in [0.5, 0.6) is 0 Å². The average molecular weight is 328 g/mol. The number of nitrogens with zero attached hydrogens (tertiary/aromatic N) is 2. The van der Waals surface area contributed by atoms with Crippen LogP contribution in [0.25, 0.3) is 27.5 Å². The first-order valence-corrected chi connectivity index (χ1v) is 7.72. The summed E-state index contributed by atoms with van der Waals surface area (Å²) in [7, 11) is 0. The standard InChI is InChI=1S/C17H14ClN3O2/c1-2-23-17(22)12-8-21-13-4-3-9(18)7-11(13)10-5-6-20-15(14(12)19)16(10)21/h3-7H,2,8,19H2,1H3. The van der Waals surface area contributed by atoms with Crippen molar-refractivity contribution in [1.82, 2.24) is 9.55 Å². The summed E-state index contributed by atoms with van der Waals surface area (Å²) in [5.41, 5.74) is 9.57. The molecule has 0 saturated carbocycles. The fraction of sp³-hybridized carbons (Fsp3) is 0.176. The highest BCUT2D eigenvalue weighted by atomic mass is 35.5. The van der Waals surface area contributed by atoms with Gasteiger partial charge in [0.05, 0.1) is 29.9 Å². The Balaban J connectivity index is 2.06. The summed E-state index contributed by atoms with van der Waals surface area (Å²) in [5, 5.41) is 2.72. The number of benzene rings is 1. The van der Waals surface area contributed by atoms with Crippen LogP contribution in [0.1, 0.15) is 12.6 Å². The Hall–Kier alpha value is -2.53. The maximum Gasteiger partial charge on any atom is 0.338 e. The van der Waals surface area contributed by atoms with Crippen molar-refractivity contribution < 1.29 is 9.53 Å². The molecule has 3 aromatic rings. The summed E-state index contributed by atoms with van der Waals surface area (Å²) in [6.45, 7) is 2.45. The van der Waals surface area contributed by atoms with E-state index in [0.29, 0.717) is 35.1 Å². The topological polar surface area (TPSA) is 70.1 Å². The van der Waals surface area contributed by atoms with E-state index in [-0.39, 0.29) is 0 Å². The van der Waals surface area contributed by atoms with E-state index in [0.717, 1.165) is 21.8 Å².